The van der Waals surface area contributed by atoms with Crippen LogP contribution in [0.3, 0.4) is 0 Å². The maximum absolute atomic E-state index is 13.2. The molecule has 0 spiro atoms. The van der Waals surface area contributed by atoms with Crippen LogP contribution in [0.4, 0.5) is 10.1 Å². The zero-order chi connectivity index (χ0) is 19.7. The Morgan fingerprint density at radius 1 is 1.07 bits per heavy atom. The summed E-state index contributed by atoms with van der Waals surface area (Å²) in [5, 5.41) is 3.58. The number of rotatable bonds is 3. The van der Waals surface area contributed by atoms with Gasteiger partial charge in [-0.2, -0.15) is 0 Å². The Kier molecular flexibility index (Phi) is 5.26. The number of nitrogens with zero attached hydrogens (tertiary/aromatic N) is 1. The zero-order valence-corrected chi connectivity index (χ0v) is 16.4. The van der Waals surface area contributed by atoms with Crippen molar-refractivity contribution < 1.29 is 13.6 Å². The highest BCUT2D eigenvalue weighted by atomic mass is 35.5. The summed E-state index contributed by atoms with van der Waals surface area (Å²) in [4.78, 5) is 16.9. The third kappa shape index (κ3) is 3.99. The van der Waals surface area contributed by atoms with Gasteiger partial charge in [0.25, 0.3) is 5.91 Å². The van der Waals surface area contributed by atoms with Gasteiger partial charge < -0.3 is 9.73 Å². The molecule has 1 saturated heterocycles. The van der Waals surface area contributed by atoms with Gasteiger partial charge in [-0.15, -0.1) is 0 Å². The molecule has 1 fully saturated rings. The molecule has 0 atom stereocenters. The molecule has 28 heavy (non-hydrogen) atoms. The van der Waals surface area contributed by atoms with E-state index in [9.17, 15) is 9.18 Å². The predicted molar refractivity (Wildman–Crippen MR) is 111 cm³/mol. The lowest BCUT2D eigenvalue weighted by molar-refractivity contribution is -0.115. The fourth-order valence-corrected chi connectivity index (χ4v) is 3.74. The van der Waals surface area contributed by atoms with Gasteiger partial charge in [0.05, 0.1) is 20.6 Å². The van der Waals surface area contributed by atoms with Crippen molar-refractivity contribution in [2.24, 2.45) is 4.99 Å². The van der Waals surface area contributed by atoms with Gasteiger partial charge in [-0.25, -0.2) is 9.38 Å². The van der Waals surface area contributed by atoms with Crippen LogP contribution in [0.15, 0.2) is 68.9 Å². The number of carbonyl (C=O) groups excluding carboxylic acids is 1. The number of carbonyl (C=O) groups is 1. The Labute approximate surface area is 174 Å². The Balaban J connectivity index is 1.56. The van der Waals surface area contributed by atoms with E-state index in [4.69, 9.17) is 27.6 Å². The Morgan fingerprint density at radius 3 is 2.68 bits per heavy atom. The third-order valence-electron chi connectivity index (χ3n) is 3.82. The van der Waals surface area contributed by atoms with Gasteiger partial charge >= 0.3 is 0 Å². The highest BCUT2D eigenvalue weighted by Crippen LogP contribution is 2.32. The molecule has 0 unspecified atom stereocenters. The molecule has 1 amide bonds. The first-order valence-corrected chi connectivity index (χ1v) is 9.66. The van der Waals surface area contributed by atoms with Gasteiger partial charge in [-0.05, 0) is 54.2 Å². The molecule has 1 aliphatic heterocycles. The van der Waals surface area contributed by atoms with E-state index in [0.717, 1.165) is 17.3 Å². The molecular formula is C20H11Cl2FN2O2S. The van der Waals surface area contributed by atoms with Crippen LogP contribution in [0.2, 0.25) is 10.0 Å². The largest absolute Gasteiger partial charge is 0.457 e. The van der Waals surface area contributed by atoms with E-state index >= 15 is 0 Å². The van der Waals surface area contributed by atoms with Crippen molar-refractivity contribution in [2.45, 2.75) is 0 Å². The van der Waals surface area contributed by atoms with Crippen LogP contribution in [0.1, 0.15) is 5.76 Å². The molecule has 0 bridgehead atoms. The smallest absolute Gasteiger partial charge is 0.264 e. The number of halogens is 3. The summed E-state index contributed by atoms with van der Waals surface area (Å²) in [6, 6.07) is 15.0. The molecule has 2 heterocycles. The molecule has 1 N–H and O–H groups in total. The molecule has 1 aliphatic rings. The molecule has 0 saturated carbocycles. The van der Waals surface area contributed by atoms with Crippen LogP contribution in [-0.4, -0.2) is 11.1 Å². The first-order valence-electron chi connectivity index (χ1n) is 8.09. The Bertz CT molecular complexity index is 1140. The molecule has 1 aromatic heterocycles. The van der Waals surface area contributed by atoms with Crippen LogP contribution in [0, 0.1) is 5.82 Å². The number of hydrogen-bond donors (Lipinski definition) is 1. The molecule has 4 nitrogen and oxygen atoms in total. The number of hydrogen-bond acceptors (Lipinski definition) is 4. The lowest BCUT2D eigenvalue weighted by Gasteiger charge is -1.99. The first kappa shape index (κ1) is 18.8. The van der Waals surface area contributed by atoms with Crippen LogP contribution >= 0.6 is 35.0 Å². The van der Waals surface area contributed by atoms with Crippen molar-refractivity contribution in [1.29, 1.82) is 0 Å². The topological polar surface area (TPSA) is 54.6 Å². The average Bonchev–Trinajstić information content (AvgIpc) is 3.26. The number of thioether (sulfide) groups is 1. The molecule has 2 aromatic carbocycles. The summed E-state index contributed by atoms with van der Waals surface area (Å²) in [5.41, 5.74) is 1.21. The number of amidine groups is 1. The molecule has 8 heteroatoms. The van der Waals surface area contributed by atoms with E-state index < -0.39 is 5.82 Å². The van der Waals surface area contributed by atoms with E-state index in [1.54, 1.807) is 24.3 Å². The van der Waals surface area contributed by atoms with Crippen molar-refractivity contribution in [2.75, 3.05) is 0 Å². The summed E-state index contributed by atoms with van der Waals surface area (Å²) in [5.74, 6) is 0.295. The summed E-state index contributed by atoms with van der Waals surface area (Å²) in [6.45, 7) is 0. The highest BCUT2D eigenvalue weighted by molar-refractivity contribution is 8.18. The lowest BCUT2D eigenvalue weighted by atomic mass is 10.2. The Hall–Kier alpha value is -2.54. The van der Waals surface area contributed by atoms with Crippen LogP contribution in [0.25, 0.3) is 17.4 Å². The van der Waals surface area contributed by atoms with Gasteiger partial charge in [0.15, 0.2) is 5.17 Å². The molecule has 140 valence electrons. The van der Waals surface area contributed by atoms with Crippen molar-refractivity contribution >= 4 is 57.8 Å². The SMILES string of the molecule is O=C1NC(=Nc2ccc(F)c(Cl)c2)SC1=Cc1ccc(-c2ccccc2Cl)o1. The second kappa shape index (κ2) is 7.83. The van der Waals surface area contributed by atoms with E-state index in [2.05, 4.69) is 10.3 Å². The van der Waals surface area contributed by atoms with Crippen LogP contribution < -0.4 is 5.32 Å². The fraction of sp³-hybridized carbons (Fsp3) is 0. The number of furan rings is 1. The van der Waals surface area contributed by atoms with Gasteiger partial charge in [0.1, 0.15) is 17.3 Å². The second-order valence-electron chi connectivity index (χ2n) is 5.76. The molecular weight excluding hydrogens is 422 g/mol. The van der Waals surface area contributed by atoms with Crippen LogP contribution in [0.5, 0.6) is 0 Å². The maximum Gasteiger partial charge on any atom is 0.264 e. The van der Waals surface area contributed by atoms with Crippen molar-refractivity contribution in [3.63, 3.8) is 0 Å². The predicted octanol–water partition coefficient (Wildman–Crippen LogP) is 6.28. The van der Waals surface area contributed by atoms with Gasteiger partial charge in [0.2, 0.25) is 0 Å². The molecule has 0 aliphatic carbocycles. The molecule has 4 rings (SSSR count). The molecule has 3 aromatic rings. The molecule has 0 radical (unpaired) electrons. The van der Waals surface area contributed by atoms with Crippen molar-refractivity contribution in [3.05, 3.63) is 81.1 Å². The van der Waals surface area contributed by atoms with E-state index in [1.165, 1.54) is 18.2 Å². The number of nitrogens with one attached hydrogen (secondary N) is 1. The van der Waals surface area contributed by atoms with Gasteiger partial charge in [-0.1, -0.05) is 35.3 Å². The average molecular weight is 433 g/mol. The number of amides is 1. The summed E-state index contributed by atoms with van der Waals surface area (Å²) >= 11 is 13.1. The number of aliphatic imine (C=N–C) groups is 1. The Morgan fingerprint density at radius 2 is 1.89 bits per heavy atom. The minimum absolute atomic E-state index is 0.0328. The lowest BCUT2D eigenvalue weighted by Crippen LogP contribution is -2.19. The summed E-state index contributed by atoms with van der Waals surface area (Å²) in [7, 11) is 0. The quantitative estimate of drug-likeness (QED) is 0.495. The maximum atomic E-state index is 13.2. The minimum atomic E-state index is -0.526. The third-order valence-corrected chi connectivity index (χ3v) is 5.35. The highest BCUT2D eigenvalue weighted by Gasteiger charge is 2.24. The fourth-order valence-electron chi connectivity index (χ4n) is 2.52. The van der Waals surface area contributed by atoms with Crippen molar-refractivity contribution in [1.82, 2.24) is 5.32 Å². The van der Waals surface area contributed by atoms with Crippen molar-refractivity contribution in [3.8, 4) is 11.3 Å². The first-order chi connectivity index (χ1) is 13.5. The van der Waals surface area contributed by atoms with Gasteiger partial charge in [-0.3, -0.25) is 4.79 Å². The van der Waals surface area contributed by atoms with Gasteiger partial charge in [0, 0.05) is 11.6 Å². The minimum Gasteiger partial charge on any atom is -0.457 e. The zero-order valence-electron chi connectivity index (χ0n) is 14.1. The van der Waals surface area contributed by atoms with E-state index in [0.29, 0.717) is 32.3 Å². The number of benzene rings is 2. The van der Waals surface area contributed by atoms with E-state index in [1.807, 2.05) is 18.2 Å². The standard InChI is InChI=1S/C20H11Cl2FN2O2S/c21-14-4-2-1-3-13(14)17-8-6-12(27-17)10-18-19(26)25-20(28-18)24-11-5-7-16(23)15(22)9-11/h1-10H,(H,24,25,26). The van der Waals surface area contributed by atoms with E-state index in [-0.39, 0.29) is 10.9 Å². The van der Waals surface area contributed by atoms with Crippen LogP contribution in [-0.2, 0) is 4.79 Å². The normalized spacial score (nSPS) is 16.8. The summed E-state index contributed by atoms with van der Waals surface area (Å²) < 4.78 is 19.0. The summed E-state index contributed by atoms with van der Waals surface area (Å²) in [6.07, 6.45) is 1.63. The monoisotopic (exact) mass is 432 g/mol. The second-order valence-corrected chi connectivity index (χ2v) is 7.61.